The summed E-state index contributed by atoms with van der Waals surface area (Å²) in [5, 5.41) is 11.7. The van der Waals surface area contributed by atoms with Gasteiger partial charge in [0.05, 0.1) is 28.2 Å². The number of anilines is 1. The third-order valence-electron chi connectivity index (χ3n) is 5.18. The molecule has 0 aliphatic rings. The van der Waals surface area contributed by atoms with E-state index in [1.165, 1.54) is 11.0 Å². The van der Waals surface area contributed by atoms with Crippen molar-refractivity contribution in [1.29, 1.82) is 0 Å². The van der Waals surface area contributed by atoms with Gasteiger partial charge in [-0.25, -0.2) is 4.98 Å². The zero-order chi connectivity index (χ0) is 24.6. The maximum absolute atomic E-state index is 13.2. The minimum atomic E-state index is -0.729. The minimum Gasteiger partial charge on any atom is -0.364 e. The van der Waals surface area contributed by atoms with Gasteiger partial charge in [-0.3, -0.25) is 19.1 Å². The van der Waals surface area contributed by atoms with Crippen LogP contribution in [0.2, 0.25) is 0 Å². The van der Waals surface area contributed by atoms with E-state index >= 15 is 0 Å². The lowest BCUT2D eigenvalue weighted by Crippen LogP contribution is -2.22. The summed E-state index contributed by atoms with van der Waals surface area (Å²) in [7, 11) is 3.17. The Labute approximate surface area is 193 Å². The number of fused-ring (bicyclic) bond motifs is 1. The monoisotopic (exact) mass is 462 g/mol. The third-order valence-corrected chi connectivity index (χ3v) is 5.18. The molecule has 0 bridgehead atoms. The molecule has 174 valence electrons. The van der Waals surface area contributed by atoms with Crippen LogP contribution < -0.4 is 11.1 Å². The van der Waals surface area contributed by atoms with Crippen molar-refractivity contribution < 1.29 is 18.9 Å². The minimum absolute atomic E-state index is 0.00632. The number of aryl methyl sites for hydroxylation is 1. The fourth-order valence-corrected chi connectivity index (χ4v) is 3.43. The van der Waals surface area contributed by atoms with Crippen LogP contribution in [0.25, 0.3) is 10.9 Å². The maximum atomic E-state index is 13.2. The highest BCUT2D eigenvalue weighted by atomic mass is 16.5. The number of carbonyl (C=O) groups is 3. The average Bonchev–Trinajstić information content (AvgIpc) is 3.37. The number of amides is 3. The molecule has 0 atom stereocenters. The molecular formula is C22H22N8O4. The Morgan fingerprint density at radius 3 is 2.59 bits per heavy atom. The van der Waals surface area contributed by atoms with Crippen LogP contribution in [-0.4, -0.2) is 61.6 Å². The van der Waals surface area contributed by atoms with Gasteiger partial charge in [0, 0.05) is 19.5 Å². The van der Waals surface area contributed by atoms with Gasteiger partial charge >= 0.3 is 11.8 Å². The first kappa shape index (κ1) is 22.6. The second-order valence-corrected chi connectivity index (χ2v) is 7.81. The van der Waals surface area contributed by atoms with Gasteiger partial charge in [0.15, 0.2) is 5.82 Å². The largest absolute Gasteiger partial charge is 0.364 e. The molecule has 3 N–H and O–H groups in total. The van der Waals surface area contributed by atoms with E-state index in [0.717, 1.165) is 0 Å². The lowest BCUT2D eigenvalue weighted by Gasteiger charge is -2.10. The predicted octanol–water partition coefficient (Wildman–Crippen LogP) is 1.53. The molecule has 0 unspecified atom stereocenters. The molecule has 0 spiro atoms. The molecular weight excluding hydrogens is 440 g/mol. The Bertz CT molecular complexity index is 1440. The zero-order valence-electron chi connectivity index (χ0n) is 19.0. The van der Waals surface area contributed by atoms with E-state index in [9.17, 15) is 14.4 Å². The van der Waals surface area contributed by atoms with Crippen molar-refractivity contribution in [3.05, 3.63) is 64.7 Å². The standard InChI is InChI=1S/C22H22N8O4/c1-11-18(12(2)30(27-11)10-17-25-21(34-28-17)22(33)29(3)4)26-20(32)14-9-16(19(23)31)24-15-8-6-5-7-13(14)15/h5-9H,10H2,1-4H3,(H2,23,31)(H,26,32). The second kappa shape index (κ2) is 8.73. The number of para-hydroxylation sites is 1. The van der Waals surface area contributed by atoms with E-state index in [0.29, 0.717) is 28.0 Å². The molecule has 12 nitrogen and oxygen atoms in total. The zero-order valence-corrected chi connectivity index (χ0v) is 19.0. The Morgan fingerprint density at radius 2 is 1.88 bits per heavy atom. The van der Waals surface area contributed by atoms with E-state index in [2.05, 4.69) is 25.5 Å². The number of benzene rings is 1. The van der Waals surface area contributed by atoms with Crippen molar-refractivity contribution in [3.63, 3.8) is 0 Å². The van der Waals surface area contributed by atoms with Crippen molar-refractivity contribution in [2.75, 3.05) is 19.4 Å². The molecule has 4 aromatic rings. The highest BCUT2D eigenvalue weighted by molar-refractivity contribution is 6.14. The van der Waals surface area contributed by atoms with Crippen molar-refractivity contribution in [1.82, 2.24) is 29.8 Å². The third kappa shape index (κ3) is 4.20. The molecule has 3 amide bonds. The van der Waals surface area contributed by atoms with E-state index in [1.807, 2.05) is 0 Å². The Hall–Kier alpha value is -4.61. The number of hydrogen-bond acceptors (Lipinski definition) is 8. The van der Waals surface area contributed by atoms with Gasteiger partial charge in [0.1, 0.15) is 12.2 Å². The van der Waals surface area contributed by atoms with Gasteiger partial charge in [0.25, 0.3) is 11.8 Å². The fourth-order valence-electron chi connectivity index (χ4n) is 3.43. The molecule has 0 aliphatic carbocycles. The molecule has 3 heterocycles. The van der Waals surface area contributed by atoms with E-state index < -0.39 is 17.7 Å². The number of nitrogens with one attached hydrogen (secondary N) is 1. The topological polar surface area (TPSA) is 162 Å². The van der Waals surface area contributed by atoms with Crippen molar-refractivity contribution in [2.24, 2.45) is 5.73 Å². The molecule has 3 aromatic heterocycles. The summed E-state index contributed by atoms with van der Waals surface area (Å²) in [6.45, 7) is 3.66. The summed E-state index contributed by atoms with van der Waals surface area (Å²) in [4.78, 5) is 46.6. The van der Waals surface area contributed by atoms with Gasteiger partial charge < -0.3 is 20.5 Å². The Morgan fingerprint density at radius 1 is 1.15 bits per heavy atom. The number of carbonyl (C=O) groups excluding carboxylic acids is 3. The summed E-state index contributed by atoms with van der Waals surface area (Å²) in [6.07, 6.45) is 0. The quantitative estimate of drug-likeness (QED) is 0.436. The Kier molecular flexibility index (Phi) is 5.80. The fraction of sp³-hybridized carbons (Fsp3) is 0.227. The van der Waals surface area contributed by atoms with E-state index in [-0.39, 0.29) is 29.5 Å². The first-order chi connectivity index (χ1) is 16.2. The van der Waals surface area contributed by atoms with Crippen LogP contribution >= 0.6 is 0 Å². The molecule has 4 rings (SSSR count). The average molecular weight is 462 g/mol. The lowest BCUT2D eigenvalue weighted by molar-refractivity contribution is 0.0778. The van der Waals surface area contributed by atoms with E-state index in [4.69, 9.17) is 10.3 Å². The first-order valence-electron chi connectivity index (χ1n) is 10.2. The number of aromatic nitrogens is 5. The summed E-state index contributed by atoms with van der Waals surface area (Å²) in [5.41, 5.74) is 7.84. The van der Waals surface area contributed by atoms with Crippen LogP contribution in [0.15, 0.2) is 34.9 Å². The van der Waals surface area contributed by atoms with Crippen LogP contribution in [-0.2, 0) is 6.54 Å². The van der Waals surface area contributed by atoms with Gasteiger partial charge in [0.2, 0.25) is 0 Å². The van der Waals surface area contributed by atoms with Gasteiger partial charge in [-0.15, -0.1) is 0 Å². The van der Waals surface area contributed by atoms with Gasteiger partial charge in [-0.1, -0.05) is 23.4 Å². The lowest BCUT2D eigenvalue weighted by atomic mass is 10.1. The SMILES string of the molecule is Cc1nn(Cc2noc(C(=O)N(C)C)n2)c(C)c1NC(=O)c1cc(C(N)=O)nc2ccccc12. The number of primary amides is 1. The summed E-state index contributed by atoms with van der Waals surface area (Å²) < 4.78 is 6.62. The molecule has 0 fully saturated rings. The predicted molar refractivity (Wildman–Crippen MR) is 121 cm³/mol. The van der Waals surface area contributed by atoms with Gasteiger partial charge in [-0.05, 0) is 26.0 Å². The van der Waals surface area contributed by atoms with Crippen molar-refractivity contribution >= 4 is 34.3 Å². The molecule has 0 radical (unpaired) electrons. The Balaban J connectivity index is 1.62. The molecule has 1 aromatic carbocycles. The van der Waals surface area contributed by atoms with Crippen LogP contribution in [0.4, 0.5) is 5.69 Å². The van der Waals surface area contributed by atoms with Crippen LogP contribution in [0.5, 0.6) is 0 Å². The molecule has 0 saturated carbocycles. The van der Waals surface area contributed by atoms with Crippen LogP contribution in [0.3, 0.4) is 0 Å². The maximum Gasteiger partial charge on any atom is 0.316 e. The van der Waals surface area contributed by atoms with Gasteiger partial charge in [-0.2, -0.15) is 10.1 Å². The number of pyridine rings is 1. The molecule has 34 heavy (non-hydrogen) atoms. The number of hydrogen-bond donors (Lipinski definition) is 2. The highest BCUT2D eigenvalue weighted by Crippen LogP contribution is 2.24. The highest BCUT2D eigenvalue weighted by Gasteiger charge is 2.21. The second-order valence-electron chi connectivity index (χ2n) is 7.81. The molecule has 12 heteroatoms. The number of rotatable bonds is 6. The number of nitrogens with zero attached hydrogens (tertiary/aromatic N) is 6. The summed E-state index contributed by atoms with van der Waals surface area (Å²) >= 11 is 0. The van der Waals surface area contributed by atoms with Crippen molar-refractivity contribution in [2.45, 2.75) is 20.4 Å². The first-order valence-corrected chi connectivity index (χ1v) is 10.2. The molecule has 0 saturated heterocycles. The van der Waals surface area contributed by atoms with E-state index in [1.54, 1.807) is 56.9 Å². The number of nitrogens with two attached hydrogens (primary N) is 1. The molecule has 0 aliphatic heterocycles. The van der Waals surface area contributed by atoms with Crippen LogP contribution in [0.1, 0.15) is 48.7 Å². The smallest absolute Gasteiger partial charge is 0.316 e. The summed E-state index contributed by atoms with van der Waals surface area (Å²) in [5.74, 6) is -1.43. The normalized spacial score (nSPS) is 10.9. The summed E-state index contributed by atoms with van der Waals surface area (Å²) in [6, 6.07) is 8.36. The van der Waals surface area contributed by atoms with Crippen molar-refractivity contribution in [3.8, 4) is 0 Å². The van der Waals surface area contributed by atoms with Crippen LogP contribution in [0, 0.1) is 13.8 Å².